The van der Waals surface area contributed by atoms with Crippen molar-refractivity contribution in [3.63, 3.8) is 0 Å². The number of halogens is 9. The summed E-state index contributed by atoms with van der Waals surface area (Å²) < 4.78 is 113. The minimum Gasteiger partial charge on any atom is -1.00 e. The van der Waals surface area contributed by atoms with E-state index in [2.05, 4.69) is 20.7 Å². The average molecular weight is 1910 g/mol. The van der Waals surface area contributed by atoms with E-state index in [1.54, 1.807) is 43.3 Å². The van der Waals surface area contributed by atoms with E-state index in [1.807, 2.05) is 13.8 Å². The monoisotopic (exact) mass is 1910 g/mol. The van der Waals surface area contributed by atoms with E-state index in [-0.39, 0.29) is 170 Å². The largest absolute Gasteiger partial charge is 1.00 e. The Bertz CT molecular complexity index is 4660. The van der Waals surface area contributed by atoms with Crippen LogP contribution in [-0.4, -0.2) is 148 Å². The number of aryl methyl sites for hydroxylation is 5. The summed E-state index contributed by atoms with van der Waals surface area (Å²) >= 11 is 3.22. The molecule has 0 spiro atoms. The molecule has 10 N–H and O–H groups in total. The van der Waals surface area contributed by atoms with Gasteiger partial charge in [0.25, 0.3) is 0 Å². The van der Waals surface area contributed by atoms with Crippen molar-refractivity contribution in [1.29, 1.82) is 0 Å². The Morgan fingerprint density at radius 1 is 0.394 bits per heavy atom. The predicted octanol–water partition coefficient (Wildman–Crippen LogP) is 10.4. The summed E-state index contributed by atoms with van der Waals surface area (Å²) in [5, 5.41) is 78.1. The molecule has 35 heteroatoms. The SMILES string of the molecule is CCCC(=O)O.CCOC(=O)CCCBr.CCOC(=O)CCCOc1cc(F)c2c(c1)CCCC2=O.O=C(O)C/C=C/c1cc(F)cc(CO)c1.O=C(O)CCCOc1cc(F)c2c(c1)CCCC2=O.O=C(O)CCCc1cc(F)cc(CO)c1.O=C1CCCc2cc(CO)cc(F)c21.O=C1CCCc2cc(CO)cc(F)c21.O=Cc1cc(F)cc(CO)c1.[Br-].[Li+].[OH-]. The van der Waals surface area contributed by atoms with E-state index in [0.29, 0.717) is 159 Å². The van der Waals surface area contributed by atoms with Gasteiger partial charge in [-0.2, -0.15) is 0 Å². The third kappa shape index (κ3) is 45.9. The Hall–Kier alpha value is -10.1. The zero-order valence-corrected chi connectivity index (χ0v) is 74.3. The van der Waals surface area contributed by atoms with E-state index in [0.717, 1.165) is 79.5 Å². The number of esters is 2. The number of carbonyl (C=O) groups is 11. The molecule has 0 heterocycles. The third-order valence-electron chi connectivity index (χ3n) is 17.9. The summed E-state index contributed by atoms with van der Waals surface area (Å²) in [4.78, 5) is 118. The smallest absolute Gasteiger partial charge is 1.00 e. The summed E-state index contributed by atoms with van der Waals surface area (Å²) in [6, 6.07) is 23.9. The van der Waals surface area contributed by atoms with Gasteiger partial charge in [0.1, 0.15) is 58.5 Å². The number of aliphatic carboxylic acids is 4. The molecule has 127 heavy (non-hydrogen) atoms. The van der Waals surface area contributed by atoms with Crippen LogP contribution >= 0.6 is 15.9 Å². The fourth-order valence-corrected chi connectivity index (χ4v) is 12.8. The molecule has 0 saturated heterocycles. The maximum Gasteiger partial charge on any atom is 1.00 e. The van der Waals surface area contributed by atoms with Gasteiger partial charge in [-0.15, -0.1) is 0 Å². The summed E-state index contributed by atoms with van der Waals surface area (Å²) in [6.07, 6.45) is 15.5. The number of Topliss-reactive ketones (excluding diaryl/α,β-unsaturated/α-hetero) is 4. The fourth-order valence-electron chi connectivity index (χ4n) is 12.5. The fraction of sp³-hybridized carbons (Fsp3) is 0.402. The predicted molar refractivity (Wildman–Crippen MR) is 449 cm³/mol. The summed E-state index contributed by atoms with van der Waals surface area (Å²) in [7, 11) is 0. The molecule has 0 saturated carbocycles. The molecule has 4 aliphatic rings. The zero-order chi connectivity index (χ0) is 92.2. The molecule has 0 atom stereocenters. The van der Waals surface area contributed by atoms with Crippen LogP contribution in [0.5, 0.6) is 11.5 Å². The van der Waals surface area contributed by atoms with Crippen molar-refractivity contribution in [1.82, 2.24) is 0 Å². The second-order valence-corrected chi connectivity index (χ2v) is 28.8. The van der Waals surface area contributed by atoms with Crippen LogP contribution in [0.2, 0.25) is 0 Å². The minimum absolute atomic E-state index is 0. The van der Waals surface area contributed by atoms with Crippen molar-refractivity contribution >= 4 is 87.2 Å². The van der Waals surface area contributed by atoms with Gasteiger partial charge in [-0.05, 0) is 238 Å². The normalized spacial score (nSPS) is 12.1. The van der Waals surface area contributed by atoms with Crippen molar-refractivity contribution in [2.45, 2.75) is 208 Å². The van der Waals surface area contributed by atoms with Crippen molar-refractivity contribution in [3.8, 4) is 11.5 Å². The van der Waals surface area contributed by atoms with Crippen LogP contribution in [0, 0.1) is 40.7 Å². The number of ether oxygens (including phenoxy) is 4. The van der Waals surface area contributed by atoms with Gasteiger partial charge in [0, 0.05) is 80.8 Å². The van der Waals surface area contributed by atoms with Crippen LogP contribution in [0.4, 0.5) is 30.7 Å². The van der Waals surface area contributed by atoms with Gasteiger partial charge < -0.3 is 87.4 Å². The van der Waals surface area contributed by atoms with Crippen LogP contribution in [0.3, 0.4) is 0 Å². The van der Waals surface area contributed by atoms with Crippen LogP contribution in [0.15, 0.2) is 109 Å². The maximum atomic E-state index is 13.9. The Labute approximate surface area is 762 Å². The molecule has 0 radical (unpaired) electrons. The van der Waals surface area contributed by atoms with Gasteiger partial charge in [0.05, 0.1) is 88.1 Å². The number of aliphatic hydroxyl groups is 5. The number of carboxylic acids is 4. The Balaban J connectivity index is 0.00000142. The summed E-state index contributed by atoms with van der Waals surface area (Å²) in [6.45, 7) is 5.73. The molecular weight excluding hydrogens is 1800 g/mol. The van der Waals surface area contributed by atoms with Crippen LogP contribution in [-0.2, 0) is 103 Å². The van der Waals surface area contributed by atoms with Crippen molar-refractivity contribution in [2.24, 2.45) is 0 Å². The molecule has 0 unspecified atom stereocenters. The Morgan fingerprint density at radius 2 is 0.724 bits per heavy atom. The quantitative estimate of drug-likeness (QED) is 0.00504. The van der Waals surface area contributed by atoms with Crippen LogP contribution in [0.1, 0.15) is 256 Å². The topological polar surface area (TPSA) is 437 Å². The maximum absolute atomic E-state index is 13.9. The van der Waals surface area contributed by atoms with Gasteiger partial charge >= 0.3 is 54.7 Å². The summed E-state index contributed by atoms with van der Waals surface area (Å²) in [5.74, 6) is -6.90. The molecule has 11 rings (SSSR count). The zero-order valence-electron chi connectivity index (χ0n) is 71.1. The molecule has 0 aliphatic heterocycles. The first-order valence-electron chi connectivity index (χ1n) is 40.1. The molecule has 0 fully saturated rings. The van der Waals surface area contributed by atoms with Gasteiger partial charge in [-0.1, -0.05) is 53.2 Å². The van der Waals surface area contributed by atoms with Crippen LogP contribution < -0.4 is 45.3 Å². The molecule has 7 aromatic carbocycles. The molecule has 0 amide bonds. The number of carboxylic acid groups (broad SMARTS) is 4. The first-order chi connectivity index (χ1) is 59.2. The number of aliphatic hydroxyl groups excluding tert-OH is 5. The second kappa shape index (κ2) is 65.4. The molecule has 690 valence electrons. The van der Waals surface area contributed by atoms with Gasteiger partial charge in [-0.25, -0.2) is 30.7 Å². The number of carbonyl (C=O) groups excluding carboxylic acids is 7. The van der Waals surface area contributed by atoms with E-state index < -0.39 is 64.6 Å². The van der Waals surface area contributed by atoms with Crippen molar-refractivity contribution in [3.05, 3.63) is 239 Å². The third-order valence-corrected chi connectivity index (χ3v) is 18.5. The first-order valence-corrected chi connectivity index (χ1v) is 41.3. The first kappa shape index (κ1) is 117. The van der Waals surface area contributed by atoms with Gasteiger partial charge in [-0.3, -0.25) is 52.7 Å². The number of hydrogen-bond acceptors (Lipinski definition) is 21. The summed E-state index contributed by atoms with van der Waals surface area (Å²) in [5.41, 5.74) is 7.71. The Kier molecular flexibility index (Phi) is 60.2. The van der Waals surface area contributed by atoms with E-state index in [1.165, 1.54) is 72.8 Å². The van der Waals surface area contributed by atoms with Crippen molar-refractivity contribution in [2.75, 3.05) is 31.8 Å². The standard InChI is InChI=1S/C16H19FO4.C14H15FO4.C11H13FO3.C11H11FO3.2C11H11FO2.C8H7FO2.C6H11BrO2.C4H8O2.BrH.Li.H2O/c1-2-20-15(19)7-4-8-21-12-9-11-5-3-6-14(18)16(11)13(17)10-12;15-11-8-10(19-6-2-5-13(17)18)7-9-3-1-4-12(16)14(9)11;2*12-10-5-8(2-1-3-11(14)15)4-9(6-10)7-13;2*12-9-5-7(6-13)4-8-2-1-3-10(14)11(8)9;9-8-2-6(4-10)1-7(3-8)5-11;1-2-9-6(8)4-3-5-7;1-2-3-4(5)6;;;/h9-10H,2-8H2,1H3;7-8H,1-6H2,(H,17,18);4-6,13H,1-3,7H2,(H,14,15);1-2,4-6,13H,3,7H2,(H,14,15);2*4-5,13H,1-3,6H2;1-4,11H,5H2;2-5H2,1H3;2-3H2,1H3,(H,5,6);1H;;1H2/q;;;;;;;;;;+1;/p-2/b;;;2-1+;;;;;;;;. The molecule has 0 bridgehead atoms. The average Bonchev–Trinajstić information content (AvgIpc) is 0.821. The number of aldehydes is 1. The van der Waals surface area contributed by atoms with E-state index >= 15 is 0 Å². The van der Waals surface area contributed by atoms with Crippen LogP contribution in [0.25, 0.3) is 6.08 Å². The molecule has 0 aromatic heterocycles. The molecule has 7 aromatic rings. The number of rotatable bonds is 30. The Morgan fingerprint density at radius 3 is 1.08 bits per heavy atom. The van der Waals surface area contributed by atoms with Crippen molar-refractivity contribution < 1.29 is 190 Å². The number of fused-ring (bicyclic) bond motifs is 4. The van der Waals surface area contributed by atoms with Gasteiger partial charge in [0.15, 0.2) is 23.1 Å². The number of alkyl halides is 1. The number of hydrogen-bond donors (Lipinski definition) is 9. The number of ketones is 4. The minimum atomic E-state index is -0.940. The molecule has 25 nitrogen and oxygen atoms in total. The molecular formula is C92H107Br2F7LiO25-. The van der Waals surface area contributed by atoms with E-state index in [4.69, 9.17) is 60.2 Å². The number of benzene rings is 7. The van der Waals surface area contributed by atoms with Gasteiger partial charge in [0.2, 0.25) is 0 Å². The second-order valence-electron chi connectivity index (χ2n) is 28.0. The van der Waals surface area contributed by atoms with E-state index in [9.17, 15) is 83.5 Å². The molecule has 4 aliphatic carbocycles.